The van der Waals surface area contributed by atoms with Crippen LogP contribution in [0.4, 0.5) is 0 Å². The van der Waals surface area contributed by atoms with Crippen molar-refractivity contribution in [3.8, 4) is 5.75 Å². The van der Waals surface area contributed by atoms with E-state index in [1.165, 1.54) is 6.21 Å². The minimum atomic E-state index is -0.180. The molecule has 3 aromatic carbocycles. The molecule has 0 aliphatic carbocycles. The van der Waals surface area contributed by atoms with Crippen LogP contribution in [0, 0.1) is 0 Å². The predicted molar refractivity (Wildman–Crippen MR) is 99.2 cm³/mol. The summed E-state index contributed by atoms with van der Waals surface area (Å²) in [7, 11) is 0. The lowest BCUT2D eigenvalue weighted by Gasteiger charge is -2.05. The fourth-order valence-electron chi connectivity index (χ4n) is 2.44. The SMILES string of the molecule is O=C(Cc1cccc2ccccc12)N/N=C\c1ccc(O)c(Br)c1. The van der Waals surface area contributed by atoms with Crippen molar-refractivity contribution in [3.05, 3.63) is 76.3 Å². The van der Waals surface area contributed by atoms with Crippen LogP contribution >= 0.6 is 15.9 Å². The molecule has 0 heterocycles. The molecule has 0 radical (unpaired) electrons. The van der Waals surface area contributed by atoms with Gasteiger partial charge in [0.05, 0.1) is 17.1 Å². The van der Waals surface area contributed by atoms with Gasteiger partial charge in [0.2, 0.25) is 5.91 Å². The number of rotatable bonds is 4. The maximum absolute atomic E-state index is 12.1. The maximum atomic E-state index is 12.1. The van der Waals surface area contributed by atoms with E-state index >= 15 is 0 Å². The van der Waals surface area contributed by atoms with E-state index in [0.29, 0.717) is 4.47 Å². The molecule has 0 fully saturated rings. The monoisotopic (exact) mass is 382 g/mol. The molecule has 5 heteroatoms. The van der Waals surface area contributed by atoms with Crippen molar-refractivity contribution < 1.29 is 9.90 Å². The van der Waals surface area contributed by atoms with Crippen LogP contribution in [-0.2, 0) is 11.2 Å². The second-order valence-electron chi connectivity index (χ2n) is 5.32. The molecule has 4 nitrogen and oxygen atoms in total. The molecule has 3 rings (SSSR count). The minimum Gasteiger partial charge on any atom is -0.507 e. The van der Waals surface area contributed by atoms with Gasteiger partial charge in [-0.15, -0.1) is 0 Å². The molecular weight excluding hydrogens is 368 g/mol. The molecular formula is C19H15BrN2O2. The number of amides is 1. The van der Waals surface area contributed by atoms with Crippen molar-refractivity contribution in [2.24, 2.45) is 5.10 Å². The van der Waals surface area contributed by atoms with Crippen LogP contribution in [0.3, 0.4) is 0 Å². The molecule has 0 unspecified atom stereocenters. The Morgan fingerprint density at radius 1 is 1.12 bits per heavy atom. The Kier molecular flexibility index (Phi) is 4.91. The van der Waals surface area contributed by atoms with E-state index in [-0.39, 0.29) is 18.1 Å². The molecule has 0 spiro atoms. The van der Waals surface area contributed by atoms with Crippen LogP contribution in [0.5, 0.6) is 5.75 Å². The maximum Gasteiger partial charge on any atom is 0.244 e. The second-order valence-corrected chi connectivity index (χ2v) is 6.17. The molecule has 0 saturated heterocycles. The number of nitrogens with one attached hydrogen (secondary N) is 1. The van der Waals surface area contributed by atoms with Gasteiger partial charge in [-0.1, -0.05) is 42.5 Å². The van der Waals surface area contributed by atoms with E-state index in [9.17, 15) is 9.90 Å². The van der Waals surface area contributed by atoms with Crippen LogP contribution in [0.1, 0.15) is 11.1 Å². The van der Waals surface area contributed by atoms with Crippen LogP contribution in [-0.4, -0.2) is 17.2 Å². The molecule has 1 amide bonds. The predicted octanol–water partition coefficient (Wildman–Crippen LogP) is 4.00. The van der Waals surface area contributed by atoms with Crippen LogP contribution in [0.2, 0.25) is 0 Å². The molecule has 0 aromatic heterocycles. The van der Waals surface area contributed by atoms with Crippen molar-refractivity contribution in [2.75, 3.05) is 0 Å². The molecule has 120 valence electrons. The van der Waals surface area contributed by atoms with Crippen molar-refractivity contribution in [1.29, 1.82) is 0 Å². The van der Waals surface area contributed by atoms with Crippen LogP contribution in [0.15, 0.2) is 70.2 Å². The number of hydrogen-bond acceptors (Lipinski definition) is 3. The lowest BCUT2D eigenvalue weighted by atomic mass is 10.0. The van der Waals surface area contributed by atoms with Gasteiger partial charge in [0.1, 0.15) is 5.75 Å². The first-order chi connectivity index (χ1) is 11.6. The number of phenols is 1. The van der Waals surface area contributed by atoms with E-state index in [4.69, 9.17) is 0 Å². The number of hydrogen-bond donors (Lipinski definition) is 2. The standard InChI is InChI=1S/C19H15BrN2O2/c20-17-10-13(8-9-18(17)23)12-21-22-19(24)11-15-6-3-5-14-4-1-2-7-16(14)15/h1-10,12,23H,11H2,(H,22,24)/b21-12-. The number of benzene rings is 3. The average molecular weight is 383 g/mol. The number of carbonyl (C=O) groups is 1. The first-order valence-electron chi connectivity index (χ1n) is 7.40. The number of halogens is 1. The molecule has 2 N–H and O–H groups in total. The topological polar surface area (TPSA) is 61.7 Å². The highest BCUT2D eigenvalue weighted by molar-refractivity contribution is 9.10. The highest BCUT2D eigenvalue weighted by Crippen LogP contribution is 2.23. The quantitative estimate of drug-likeness (QED) is 0.529. The summed E-state index contributed by atoms with van der Waals surface area (Å²) in [4.78, 5) is 12.1. The van der Waals surface area contributed by atoms with Gasteiger partial charge in [0, 0.05) is 0 Å². The van der Waals surface area contributed by atoms with Crippen molar-refractivity contribution in [2.45, 2.75) is 6.42 Å². The second kappa shape index (κ2) is 7.27. The van der Waals surface area contributed by atoms with Gasteiger partial charge in [0.15, 0.2) is 0 Å². The van der Waals surface area contributed by atoms with Crippen molar-refractivity contribution in [3.63, 3.8) is 0 Å². The summed E-state index contributed by atoms with van der Waals surface area (Å²) in [5.74, 6) is -0.0208. The summed E-state index contributed by atoms with van der Waals surface area (Å²) in [6.07, 6.45) is 1.79. The van der Waals surface area contributed by atoms with E-state index in [1.807, 2.05) is 42.5 Å². The highest BCUT2D eigenvalue weighted by Gasteiger charge is 2.06. The van der Waals surface area contributed by atoms with Crippen LogP contribution < -0.4 is 5.43 Å². The normalized spacial score (nSPS) is 11.0. The first kappa shape index (κ1) is 16.2. The highest BCUT2D eigenvalue weighted by atomic mass is 79.9. The fraction of sp³-hybridized carbons (Fsp3) is 0.0526. The summed E-state index contributed by atoms with van der Waals surface area (Å²) < 4.78 is 0.577. The molecule has 0 bridgehead atoms. The number of hydrazone groups is 1. The molecule has 24 heavy (non-hydrogen) atoms. The van der Waals surface area contributed by atoms with Gasteiger partial charge in [-0.05, 0) is 56.0 Å². The number of carbonyl (C=O) groups excluding carboxylic acids is 1. The van der Waals surface area contributed by atoms with Crippen molar-refractivity contribution >= 4 is 38.8 Å². The third-order valence-electron chi connectivity index (χ3n) is 3.61. The molecule has 0 aliphatic rings. The number of phenolic OH excluding ortho intramolecular Hbond substituents is 1. The van der Waals surface area contributed by atoms with Gasteiger partial charge in [-0.25, -0.2) is 5.43 Å². The van der Waals surface area contributed by atoms with Gasteiger partial charge < -0.3 is 5.11 Å². The Morgan fingerprint density at radius 3 is 2.75 bits per heavy atom. The third-order valence-corrected chi connectivity index (χ3v) is 4.24. The number of fused-ring (bicyclic) bond motifs is 1. The Morgan fingerprint density at radius 2 is 1.92 bits per heavy atom. The Hall–Kier alpha value is -2.66. The Bertz CT molecular complexity index is 917. The van der Waals surface area contributed by atoms with E-state index in [0.717, 1.165) is 21.9 Å². The average Bonchev–Trinajstić information content (AvgIpc) is 2.58. The molecule has 0 atom stereocenters. The van der Waals surface area contributed by atoms with Gasteiger partial charge in [-0.2, -0.15) is 5.10 Å². The van der Waals surface area contributed by atoms with Gasteiger partial charge >= 0.3 is 0 Å². The van der Waals surface area contributed by atoms with Gasteiger partial charge in [-0.3, -0.25) is 4.79 Å². The summed E-state index contributed by atoms with van der Waals surface area (Å²) in [5.41, 5.74) is 4.27. The zero-order valence-corrected chi connectivity index (χ0v) is 14.3. The van der Waals surface area contributed by atoms with E-state index < -0.39 is 0 Å². The number of aromatic hydroxyl groups is 1. The van der Waals surface area contributed by atoms with E-state index in [2.05, 4.69) is 26.5 Å². The van der Waals surface area contributed by atoms with Crippen molar-refractivity contribution in [1.82, 2.24) is 5.43 Å². The minimum absolute atomic E-state index is 0.159. The molecule has 0 aliphatic heterocycles. The molecule has 3 aromatic rings. The zero-order chi connectivity index (χ0) is 16.9. The third kappa shape index (κ3) is 3.81. The molecule has 0 saturated carbocycles. The van der Waals surface area contributed by atoms with Gasteiger partial charge in [0.25, 0.3) is 0 Å². The lowest BCUT2D eigenvalue weighted by molar-refractivity contribution is -0.120. The van der Waals surface area contributed by atoms with Crippen LogP contribution in [0.25, 0.3) is 10.8 Å². The summed E-state index contributed by atoms with van der Waals surface area (Å²) in [5, 5.41) is 15.6. The number of nitrogens with zero attached hydrogens (tertiary/aromatic N) is 1. The largest absolute Gasteiger partial charge is 0.507 e. The van der Waals surface area contributed by atoms with E-state index in [1.54, 1.807) is 18.2 Å². The Labute approximate surface area is 148 Å². The smallest absolute Gasteiger partial charge is 0.244 e. The summed E-state index contributed by atoms with van der Waals surface area (Å²) in [6, 6.07) is 18.9. The zero-order valence-electron chi connectivity index (χ0n) is 12.7. The first-order valence-corrected chi connectivity index (χ1v) is 8.20. The Balaban J connectivity index is 1.67. The fourth-order valence-corrected chi connectivity index (χ4v) is 2.84. The summed E-state index contributed by atoms with van der Waals surface area (Å²) in [6.45, 7) is 0. The lowest BCUT2D eigenvalue weighted by Crippen LogP contribution is -2.19. The summed E-state index contributed by atoms with van der Waals surface area (Å²) >= 11 is 3.24.